The number of ether oxygens (including phenoxy) is 2. The van der Waals surface area contributed by atoms with Crippen molar-refractivity contribution in [3.05, 3.63) is 29.8 Å². The average Bonchev–Trinajstić information content (AvgIpc) is 3.02. The molecular weight excluding hydrogens is 264 g/mol. The first kappa shape index (κ1) is 16.3. The Kier molecular flexibility index (Phi) is 6.49. The molecule has 0 saturated carbocycles. The van der Waals surface area contributed by atoms with Crippen molar-refractivity contribution in [2.45, 2.75) is 32.4 Å². The Bertz CT molecular complexity index is 402. The molecule has 0 radical (unpaired) electrons. The molecule has 2 atom stereocenters. The molecule has 1 N–H and O–H groups in total. The number of rotatable bonds is 8. The number of hydrogen-bond acceptors (Lipinski definition) is 4. The van der Waals surface area contributed by atoms with Crippen molar-refractivity contribution >= 4 is 0 Å². The topological polar surface area (TPSA) is 33.7 Å². The summed E-state index contributed by atoms with van der Waals surface area (Å²) >= 11 is 0. The molecule has 21 heavy (non-hydrogen) atoms. The summed E-state index contributed by atoms with van der Waals surface area (Å²) in [6.07, 6.45) is 1.14. The molecule has 0 aliphatic carbocycles. The molecule has 4 heteroatoms. The maximum Gasteiger partial charge on any atom is 0.119 e. The summed E-state index contributed by atoms with van der Waals surface area (Å²) < 4.78 is 11.0. The Hall–Kier alpha value is -1.10. The minimum atomic E-state index is 0.344. The van der Waals surface area contributed by atoms with Crippen LogP contribution in [0.25, 0.3) is 0 Å². The van der Waals surface area contributed by atoms with Gasteiger partial charge in [0.2, 0.25) is 0 Å². The van der Waals surface area contributed by atoms with Gasteiger partial charge in [0, 0.05) is 25.2 Å². The van der Waals surface area contributed by atoms with Crippen molar-refractivity contribution in [1.29, 1.82) is 0 Å². The van der Waals surface area contributed by atoms with Crippen LogP contribution in [0, 0.1) is 0 Å². The summed E-state index contributed by atoms with van der Waals surface area (Å²) in [7, 11) is 2.19. The highest BCUT2D eigenvalue weighted by Gasteiger charge is 2.23. The molecule has 4 nitrogen and oxygen atoms in total. The molecule has 1 fully saturated rings. The van der Waals surface area contributed by atoms with Crippen LogP contribution in [0.4, 0.5) is 0 Å². The minimum Gasteiger partial charge on any atom is -0.494 e. The first-order valence-corrected chi connectivity index (χ1v) is 7.98. The lowest BCUT2D eigenvalue weighted by atomic mass is 10.1. The lowest BCUT2D eigenvalue weighted by molar-refractivity contribution is 0.153. The first-order chi connectivity index (χ1) is 10.2. The van der Waals surface area contributed by atoms with Crippen LogP contribution in [-0.2, 0) is 4.74 Å². The molecule has 0 bridgehead atoms. The second-order valence-electron chi connectivity index (χ2n) is 5.57. The number of nitrogens with zero attached hydrogens (tertiary/aromatic N) is 1. The van der Waals surface area contributed by atoms with Gasteiger partial charge in [0.25, 0.3) is 0 Å². The lowest BCUT2D eigenvalue weighted by Crippen LogP contribution is -2.39. The fourth-order valence-corrected chi connectivity index (χ4v) is 2.80. The third-order valence-corrected chi connectivity index (χ3v) is 4.04. The summed E-state index contributed by atoms with van der Waals surface area (Å²) in [6.45, 7) is 8.58. The van der Waals surface area contributed by atoms with Gasteiger partial charge in [-0.15, -0.1) is 0 Å². The van der Waals surface area contributed by atoms with Crippen molar-refractivity contribution in [2.75, 3.05) is 40.0 Å². The highest BCUT2D eigenvalue weighted by Crippen LogP contribution is 2.20. The Balaban J connectivity index is 1.99. The largest absolute Gasteiger partial charge is 0.494 e. The van der Waals surface area contributed by atoms with Crippen molar-refractivity contribution in [1.82, 2.24) is 10.2 Å². The molecular formula is C17H28N2O2. The van der Waals surface area contributed by atoms with Crippen molar-refractivity contribution < 1.29 is 9.47 Å². The van der Waals surface area contributed by atoms with Gasteiger partial charge in [0.15, 0.2) is 0 Å². The van der Waals surface area contributed by atoms with Gasteiger partial charge >= 0.3 is 0 Å². The van der Waals surface area contributed by atoms with Gasteiger partial charge < -0.3 is 14.8 Å². The van der Waals surface area contributed by atoms with Gasteiger partial charge in [-0.2, -0.15) is 0 Å². The van der Waals surface area contributed by atoms with Crippen LogP contribution in [-0.4, -0.2) is 50.9 Å². The highest BCUT2D eigenvalue weighted by atomic mass is 16.5. The second kappa shape index (κ2) is 8.37. The third kappa shape index (κ3) is 4.70. The molecule has 118 valence electrons. The summed E-state index contributed by atoms with van der Waals surface area (Å²) in [5.41, 5.74) is 1.31. The van der Waals surface area contributed by atoms with E-state index >= 15 is 0 Å². The predicted molar refractivity (Wildman–Crippen MR) is 85.9 cm³/mol. The lowest BCUT2D eigenvalue weighted by Gasteiger charge is -2.29. The Morgan fingerprint density at radius 3 is 2.67 bits per heavy atom. The Morgan fingerprint density at radius 2 is 2.10 bits per heavy atom. The zero-order valence-electron chi connectivity index (χ0n) is 13.5. The number of likely N-dealkylation sites (N-methyl/N-ethyl adjacent to an activating group) is 2. The van der Waals surface area contributed by atoms with Gasteiger partial charge in [-0.3, -0.25) is 4.90 Å². The van der Waals surface area contributed by atoms with Gasteiger partial charge in [-0.25, -0.2) is 0 Å². The van der Waals surface area contributed by atoms with E-state index in [0.717, 1.165) is 38.5 Å². The summed E-state index contributed by atoms with van der Waals surface area (Å²) in [5, 5.41) is 3.58. The summed E-state index contributed by atoms with van der Waals surface area (Å²) in [6, 6.07) is 9.34. The fourth-order valence-electron chi connectivity index (χ4n) is 2.80. The third-order valence-electron chi connectivity index (χ3n) is 4.04. The fraction of sp³-hybridized carbons (Fsp3) is 0.647. The maximum atomic E-state index is 5.52. The number of hydrogen-bond donors (Lipinski definition) is 1. The maximum absolute atomic E-state index is 5.52. The van der Waals surface area contributed by atoms with Crippen molar-refractivity contribution in [2.24, 2.45) is 0 Å². The Morgan fingerprint density at radius 1 is 1.33 bits per heavy atom. The zero-order chi connectivity index (χ0) is 15.1. The molecule has 1 saturated heterocycles. The molecule has 1 aromatic rings. The van der Waals surface area contributed by atoms with Crippen molar-refractivity contribution in [3.63, 3.8) is 0 Å². The molecule has 1 aliphatic rings. The number of nitrogens with one attached hydrogen (secondary N) is 1. The standard InChI is InChI=1S/C17H28N2O2/c1-4-18-17(12-19(3)15-10-11-20-13-15)14-6-8-16(9-7-14)21-5-2/h6-9,15,17-18H,4-5,10-13H2,1-3H3. The van der Waals surface area contributed by atoms with Gasteiger partial charge in [-0.1, -0.05) is 19.1 Å². The van der Waals surface area contributed by atoms with Crippen LogP contribution in [0.15, 0.2) is 24.3 Å². The number of benzene rings is 1. The van der Waals surface area contributed by atoms with Crippen molar-refractivity contribution in [3.8, 4) is 5.75 Å². The highest BCUT2D eigenvalue weighted by molar-refractivity contribution is 5.29. The molecule has 0 spiro atoms. The van der Waals surface area contributed by atoms with E-state index in [9.17, 15) is 0 Å². The van der Waals surface area contributed by atoms with Crippen LogP contribution in [0.2, 0.25) is 0 Å². The van der Waals surface area contributed by atoms with E-state index in [4.69, 9.17) is 9.47 Å². The normalized spacial score (nSPS) is 19.9. The molecule has 2 rings (SSSR count). The minimum absolute atomic E-state index is 0.344. The van der Waals surface area contributed by atoms with Crippen LogP contribution in [0.3, 0.4) is 0 Å². The van der Waals surface area contributed by atoms with E-state index < -0.39 is 0 Å². The summed E-state index contributed by atoms with van der Waals surface area (Å²) in [5.74, 6) is 0.939. The molecule has 1 heterocycles. The first-order valence-electron chi connectivity index (χ1n) is 7.98. The van der Waals surface area contributed by atoms with Crippen LogP contribution < -0.4 is 10.1 Å². The van der Waals surface area contributed by atoms with E-state index in [1.807, 2.05) is 6.92 Å². The van der Waals surface area contributed by atoms with Gasteiger partial charge in [0.05, 0.1) is 13.2 Å². The van der Waals surface area contributed by atoms with E-state index in [-0.39, 0.29) is 0 Å². The smallest absolute Gasteiger partial charge is 0.119 e. The van der Waals surface area contributed by atoms with Gasteiger partial charge in [0.1, 0.15) is 5.75 Å². The van der Waals surface area contributed by atoms with E-state index in [1.165, 1.54) is 5.56 Å². The van der Waals surface area contributed by atoms with Crippen LogP contribution >= 0.6 is 0 Å². The van der Waals surface area contributed by atoms with Crippen LogP contribution in [0.1, 0.15) is 31.9 Å². The summed E-state index contributed by atoms with van der Waals surface area (Å²) in [4.78, 5) is 2.41. The quantitative estimate of drug-likeness (QED) is 0.798. The molecule has 2 unspecified atom stereocenters. The Labute approximate surface area is 128 Å². The van der Waals surface area contributed by atoms with E-state index in [2.05, 4.69) is 48.5 Å². The molecule has 0 aromatic heterocycles. The van der Waals surface area contributed by atoms with Crippen LogP contribution in [0.5, 0.6) is 5.75 Å². The SMILES string of the molecule is CCNC(CN(C)C1CCOC1)c1ccc(OCC)cc1. The van der Waals surface area contributed by atoms with Gasteiger partial charge in [-0.05, 0) is 44.6 Å². The van der Waals surface area contributed by atoms with E-state index in [1.54, 1.807) is 0 Å². The molecule has 1 aromatic carbocycles. The average molecular weight is 292 g/mol. The molecule has 0 amide bonds. The molecule has 1 aliphatic heterocycles. The second-order valence-corrected chi connectivity index (χ2v) is 5.57. The monoisotopic (exact) mass is 292 g/mol. The zero-order valence-corrected chi connectivity index (χ0v) is 13.5. The van der Waals surface area contributed by atoms with E-state index in [0.29, 0.717) is 18.7 Å². The predicted octanol–water partition coefficient (Wildman–Crippen LogP) is 2.46.